The van der Waals surface area contributed by atoms with Crippen molar-refractivity contribution in [3.05, 3.63) is 59.4 Å². The molecule has 0 fully saturated rings. The third-order valence-electron chi connectivity index (χ3n) is 7.22. The number of amides is 1. The molecule has 41 heavy (non-hydrogen) atoms. The standard InChI is InChI=1S/C30H35N5O6/c1-30(2,9-11-36)31-29(37)26-25-27(35(4)33-26)21-15-20(22-8-10-34(3)32-22)23(40-7)16-24(21)41-28(25)17-12-18(38-5)14-19(13-17)39-6/h8,10,12-16,28,36H,9,11H2,1-7H3,(H,31,37). The summed E-state index contributed by atoms with van der Waals surface area (Å²) in [4.78, 5) is 13.7. The molecule has 1 amide bonds. The lowest BCUT2D eigenvalue weighted by Gasteiger charge is -2.30. The van der Waals surface area contributed by atoms with Crippen LogP contribution in [0.1, 0.15) is 48.0 Å². The van der Waals surface area contributed by atoms with Crippen molar-refractivity contribution < 1.29 is 28.8 Å². The molecule has 0 saturated carbocycles. The van der Waals surface area contributed by atoms with Gasteiger partial charge in [-0.3, -0.25) is 14.2 Å². The number of hydrogen-bond donors (Lipinski definition) is 2. The molecule has 0 saturated heterocycles. The van der Waals surface area contributed by atoms with Gasteiger partial charge in [-0.1, -0.05) is 0 Å². The van der Waals surface area contributed by atoms with Gasteiger partial charge in [-0.2, -0.15) is 10.2 Å². The molecule has 216 valence electrons. The number of methoxy groups -OCH3 is 3. The summed E-state index contributed by atoms with van der Waals surface area (Å²) in [7, 11) is 8.42. The van der Waals surface area contributed by atoms with E-state index in [9.17, 15) is 9.90 Å². The molecule has 4 aromatic rings. The predicted octanol–water partition coefficient (Wildman–Crippen LogP) is 3.89. The quantitative estimate of drug-likeness (QED) is 0.316. The molecule has 2 aromatic carbocycles. The second-order valence-corrected chi connectivity index (χ2v) is 10.6. The number of fused-ring (bicyclic) bond motifs is 3. The molecule has 1 atom stereocenters. The summed E-state index contributed by atoms with van der Waals surface area (Å²) >= 11 is 0. The zero-order valence-electron chi connectivity index (χ0n) is 24.3. The monoisotopic (exact) mass is 561 g/mol. The Kier molecular flexibility index (Phi) is 7.39. The van der Waals surface area contributed by atoms with E-state index < -0.39 is 11.6 Å². The van der Waals surface area contributed by atoms with Crippen molar-refractivity contribution >= 4 is 5.91 Å². The first-order chi connectivity index (χ1) is 19.6. The Morgan fingerprint density at radius 1 is 1.02 bits per heavy atom. The van der Waals surface area contributed by atoms with Gasteiger partial charge in [0.25, 0.3) is 5.91 Å². The molecule has 0 bridgehead atoms. The van der Waals surface area contributed by atoms with E-state index >= 15 is 0 Å². The molecule has 11 heteroatoms. The lowest BCUT2D eigenvalue weighted by atomic mass is 9.90. The molecule has 1 aliphatic heterocycles. The van der Waals surface area contributed by atoms with E-state index in [-0.39, 0.29) is 18.2 Å². The number of carbonyl (C=O) groups excluding carboxylic acids is 1. The first-order valence-electron chi connectivity index (χ1n) is 13.2. The van der Waals surface area contributed by atoms with E-state index in [2.05, 4.69) is 10.4 Å². The maximum Gasteiger partial charge on any atom is 0.272 e. The second kappa shape index (κ2) is 10.8. The van der Waals surface area contributed by atoms with Crippen LogP contribution < -0.4 is 24.3 Å². The summed E-state index contributed by atoms with van der Waals surface area (Å²) in [5, 5.41) is 21.8. The van der Waals surface area contributed by atoms with Gasteiger partial charge in [-0.15, -0.1) is 0 Å². The fourth-order valence-corrected chi connectivity index (χ4v) is 5.16. The Hall–Kier alpha value is -4.51. The molecule has 0 radical (unpaired) electrons. The largest absolute Gasteiger partial charge is 0.497 e. The lowest BCUT2D eigenvalue weighted by molar-refractivity contribution is 0.0889. The van der Waals surface area contributed by atoms with Crippen LogP contribution in [-0.2, 0) is 14.1 Å². The van der Waals surface area contributed by atoms with Gasteiger partial charge in [-0.05, 0) is 44.5 Å². The van der Waals surface area contributed by atoms with Crippen LogP contribution in [-0.4, -0.2) is 64.0 Å². The van der Waals surface area contributed by atoms with Gasteiger partial charge in [0.1, 0.15) is 23.0 Å². The number of aliphatic hydroxyl groups excluding tert-OH is 1. The number of aromatic nitrogens is 4. The summed E-state index contributed by atoms with van der Waals surface area (Å²) in [6.07, 6.45) is 1.53. The van der Waals surface area contributed by atoms with Crippen molar-refractivity contribution in [3.8, 4) is 45.5 Å². The van der Waals surface area contributed by atoms with Crippen molar-refractivity contribution in [1.29, 1.82) is 0 Å². The average Bonchev–Trinajstić information content (AvgIpc) is 3.54. The molecule has 5 rings (SSSR count). The lowest BCUT2D eigenvalue weighted by Crippen LogP contribution is -2.44. The van der Waals surface area contributed by atoms with Crippen molar-refractivity contribution in [2.45, 2.75) is 31.9 Å². The van der Waals surface area contributed by atoms with Crippen LogP contribution >= 0.6 is 0 Å². The zero-order valence-corrected chi connectivity index (χ0v) is 24.3. The van der Waals surface area contributed by atoms with Crippen molar-refractivity contribution in [2.75, 3.05) is 27.9 Å². The summed E-state index contributed by atoms with van der Waals surface area (Å²) < 4.78 is 26.9. The third-order valence-corrected chi connectivity index (χ3v) is 7.22. The Morgan fingerprint density at radius 2 is 1.73 bits per heavy atom. The van der Waals surface area contributed by atoms with Crippen LogP contribution in [0, 0.1) is 0 Å². The number of nitrogens with zero attached hydrogens (tertiary/aromatic N) is 4. The van der Waals surface area contributed by atoms with E-state index in [1.807, 2.05) is 57.4 Å². The average molecular weight is 562 g/mol. The number of ether oxygens (including phenoxy) is 4. The predicted molar refractivity (Wildman–Crippen MR) is 153 cm³/mol. The maximum absolute atomic E-state index is 13.7. The van der Waals surface area contributed by atoms with E-state index in [1.165, 1.54) is 0 Å². The fourth-order valence-electron chi connectivity index (χ4n) is 5.16. The van der Waals surface area contributed by atoms with Crippen LogP contribution in [0.25, 0.3) is 22.5 Å². The Morgan fingerprint density at radius 3 is 2.32 bits per heavy atom. The van der Waals surface area contributed by atoms with Gasteiger partial charge in [-0.25, -0.2) is 0 Å². The van der Waals surface area contributed by atoms with Gasteiger partial charge in [0.15, 0.2) is 11.8 Å². The molecular formula is C30H35N5O6. The zero-order chi connectivity index (χ0) is 29.5. The Labute approximate surface area is 238 Å². The highest BCUT2D eigenvalue weighted by Crippen LogP contribution is 2.50. The van der Waals surface area contributed by atoms with Crippen LogP contribution in [0.5, 0.6) is 23.0 Å². The van der Waals surface area contributed by atoms with Crippen molar-refractivity contribution in [1.82, 2.24) is 24.9 Å². The van der Waals surface area contributed by atoms with E-state index in [4.69, 9.17) is 24.0 Å². The molecule has 1 unspecified atom stereocenters. The van der Waals surface area contributed by atoms with E-state index in [0.717, 1.165) is 28.1 Å². The fraction of sp³-hybridized carbons (Fsp3) is 0.367. The van der Waals surface area contributed by atoms with Gasteiger partial charge in [0, 0.05) is 61.3 Å². The molecule has 11 nitrogen and oxygen atoms in total. The molecule has 0 spiro atoms. The van der Waals surface area contributed by atoms with Gasteiger partial charge in [0.05, 0.1) is 38.3 Å². The normalized spacial score (nSPS) is 14.1. The van der Waals surface area contributed by atoms with Crippen LogP contribution in [0.15, 0.2) is 42.6 Å². The Balaban J connectivity index is 1.74. The van der Waals surface area contributed by atoms with Gasteiger partial charge >= 0.3 is 0 Å². The second-order valence-electron chi connectivity index (χ2n) is 10.6. The number of aryl methyl sites for hydroxylation is 2. The van der Waals surface area contributed by atoms with Gasteiger partial charge in [0.2, 0.25) is 0 Å². The highest BCUT2D eigenvalue weighted by atomic mass is 16.5. The molecule has 2 N–H and O–H groups in total. The minimum atomic E-state index is -0.720. The number of rotatable bonds is 9. The van der Waals surface area contributed by atoms with Crippen molar-refractivity contribution in [3.63, 3.8) is 0 Å². The number of aliphatic hydroxyl groups is 1. The minimum Gasteiger partial charge on any atom is -0.497 e. The highest BCUT2D eigenvalue weighted by Gasteiger charge is 2.38. The molecule has 2 aromatic heterocycles. The van der Waals surface area contributed by atoms with Gasteiger partial charge < -0.3 is 29.4 Å². The highest BCUT2D eigenvalue weighted by molar-refractivity contribution is 5.97. The Bertz CT molecular complexity index is 1580. The first kappa shape index (κ1) is 28.0. The summed E-state index contributed by atoms with van der Waals surface area (Å²) in [6.45, 7) is 3.66. The minimum absolute atomic E-state index is 0.0611. The van der Waals surface area contributed by atoms with E-state index in [0.29, 0.717) is 35.0 Å². The van der Waals surface area contributed by atoms with Crippen LogP contribution in [0.4, 0.5) is 0 Å². The number of hydrogen-bond acceptors (Lipinski definition) is 8. The smallest absolute Gasteiger partial charge is 0.272 e. The van der Waals surface area contributed by atoms with Crippen molar-refractivity contribution in [2.24, 2.45) is 14.1 Å². The SMILES string of the molecule is COc1cc(OC)cc(C2Oc3cc(OC)c(-c4ccn(C)n4)cc3-c3c2c(C(=O)NC(C)(C)CCO)nn3C)c1. The first-order valence-corrected chi connectivity index (χ1v) is 13.2. The molecular weight excluding hydrogens is 526 g/mol. The third kappa shape index (κ3) is 5.20. The molecule has 0 aliphatic carbocycles. The maximum atomic E-state index is 13.7. The van der Waals surface area contributed by atoms with E-state index in [1.54, 1.807) is 43.8 Å². The van der Waals surface area contributed by atoms with Crippen LogP contribution in [0.2, 0.25) is 0 Å². The summed E-state index contributed by atoms with van der Waals surface area (Å²) in [5.74, 6) is 1.95. The number of nitrogens with one attached hydrogen (secondary N) is 1. The topological polar surface area (TPSA) is 122 Å². The van der Waals surface area contributed by atoms with Crippen LogP contribution in [0.3, 0.4) is 0 Å². The number of benzene rings is 2. The molecule has 3 heterocycles. The number of carbonyl (C=O) groups is 1. The molecule has 1 aliphatic rings. The summed E-state index contributed by atoms with van der Waals surface area (Å²) in [5.41, 5.74) is 3.87. The summed E-state index contributed by atoms with van der Waals surface area (Å²) in [6, 6.07) is 11.2.